The molecule has 11 heavy (non-hydrogen) atoms. The van der Waals surface area contributed by atoms with Gasteiger partial charge in [0.25, 0.3) is 0 Å². The summed E-state index contributed by atoms with van der Waals surface area (Å²) in [7, 11) is 1.61. The van der Waals surface area contributed by atoms with E-state index in [1.807, 2.05) is 6.20 Å². The second-order valence-corrected chi connectivity index (χ2v) is 2.73. The maximum Gasteiger partial charge on any atom is 0.318 e. The molecule has 0 spiro atoms. The van der Waals surface area contributed by atoms with Crippen LogP contribution in [0.25, 0.3) is 0 Å². The highest BCUT2D eigenvalue weighted by atomic mass is 16.2. The Morgan fingerprint density at radius 2 is 2.09 bits per heavy atom. The molecule has 1 aliphatic carbocycles. The minimum absolute atomic E-state index is 0.135. The Morgan fingerprint density at radius 3 is 2.64 bits per heavy atom. The van der Waals surface area contributed by atoms with Crippen molar-refractivity contribution in [3.05, 3.63) is 11.8 Å². The molecule has 62 valence electrons. The van der Waals surface area contributed by atoms with Gasteiger partial charge in [0.2, 0.25) is 0 Å². The van der Waals surface area contributed by atoms with E-state index in [1.54, 1.807) is 7.05 Å². The first-order valence-corrected chi connectivity index (χ1v) is 3.99. The van der Waals surface area contributed by atoms with Crippen LogP contribution >= 0.6 is 0 Å². The number of hydrogen-bond acceptors (Lipinski definition) is 1. The lowest BCUT2D eigenvalue weighted by atomic mass is 10.2. The normalized spacial score (nSPS) is 16.3. The van der Waals surface area contributed by atoms with Gasteiger partial charge in [-0.3, -0.25) is 0 Å². The highest BCUT2D eigenvalue weighted by Gasteiger charge is 2.05. The van der Waals surface area contributed by atoms with E-state index in [0.29, 0.717) is 0 Å². The van der Waals surface area contributed by atoms with Gasteiger partial charge >= 0.3 is 6.03 Å². The van der Waals surface area contributed by atoms with Gasteiger partial charge in [-0.1, -0.05) is 5.57 Å². The number of urea groups is 1. The molecule has 0 aromatic rings. The van der Waals surface area contributed by atoms with Crippen LogP contribution in [0.15, 0.2) is 11.8 Å². The summed E-state index contributed by atoms with van der Waals surface area (Å²) in [5.74, 6) is 0. The van der Waals surface area contributed by atoms with Crippen LogP contribution in [-0.2, 0) is 0 Å². The zero-order valence-corrected chi connectivity index (χ0v) is 6.81. The zero-order valence-electron chi connectivity index (χ0n) is 6.81. The smallest absolute Gasteiger partial charge is 0.318 e. The maximum absolute atomic E-state index is 10.7. The molecular formula is C8H14N2O. The molecule has 0 atom stereocenters. The van der Waals surface area contributed by atoms with Crippen LogP contribution in [0.5, 0.6) is 0 Å². The van der Waals surface area contributed by atoms with Crippen LogP contribution in [0.4, 0.5) is 4.79 Å². The molecule has 2 amide bonds. The summed E-state index contributed by atoms with van der Waals surface area (Å²) in [6.07, 6.45) is 6.64. The Balaban J connectivity index is 2.28. The lowest BCUT2D eigenvalue weighted by Gasteiger charge is -1.98. The molecule has 0 radical (unpaired) electrons. The number of allylic oxidation sites excluding steroid dienone is 1. The SMILES string of the molecule is CNC(=O)NC=C1CCCC1. The number of amides is 2. The van der Waals surface area contributed by atoms with Crippen LogP contribution in [0.3, 0.4) is 0 Å². The first-order chi connectivity index (χ1) is 5.33. The Kier molecular flexibility index (Phi) is 2.95. The van der Waals surface area contributed by atoms with Gasteiger partial charge < -0.3 is 10.6 Å². The van der Waals surface area contributed by atoms with Crippen molar-refractivity contribution in [2.24, 2.45) is 0 Å². The molecule has 2 N–H and O–H groups in total. The Bertz CT molecular complexity index is 167. The fourth-order valence-electron chi connectivity index (χ4n) is 1.21. The monoisotopic (exact) mass is 154 g/mol. The summed E-state index contributed by atoms with van der Waals surface area (Å²) in [6.45, 7) is 0. The van der Waals surface area contributed by atoms with E-state index >= 15 is 0 Å². The predicted octanol–water partition coefficient (Wildman–Crippen LogP) is 1.37. The molecule has 3 nitrogen and oxygen atoms in total. The number of rotatable bonds is 1. The summed E-state index contributed by atoms with van der Waals surface area (Å²) in [6, 6.07) is -0.135. The van der Waals surface area contributed by atoms with E-state index in [0.717, 1.165) is 12.8 Å². The molecule has 0 bridgehead atoms. The highest BCUT2D eigenvalue weighted by Crippen LogP contribution is 2.22. The molecule has 0 aliphatic heterocycles. The maximum atomic E-state index is 10.7. The van der Waals surface area contributed by atoms with E-state index in [4.69, 9.17) is 0 Å². The number of nitrogens with one attached hydrogen (secondary N) is 2. The summed E-state index contributed by atoms with van der Waals surface area (Å²) in [5, 5.41) is 5.16. The van der Waals surface area contributed by atoms with Crippen molar-refractivity contribution in [2.45, 2.75) is 25.7 Å². The van der Waals surface area contributed by atoms with Crippen LogP contribution in [0, 0.1) is 0 Å². The van der Waals surface area contributed by atoms with E-state index < -0.39 is 0 Å². The Labute approximate surface area is 66.9 Å². The molecule has 1 saturated carbocycles. The van der Waals surface area contributed by atoms with Gasteiger partial charge in [-0.05, 0) is 25.7 Å². The average molecular weight is 154 g/mol. The van der Waals surface area contributed by atoms with Gasteiger partial charge in [0.05, 0.1) is 0 Å². The van der Waals surface area contributed by atoms with Gasteiger partial charge in [0.15, 0.2) is 0 Å². The minimum atomic E-state index is -0.135. The quantitative estimate of drug-likeness (QED) is 0.588. The topological polar surface area (TPSA) is 41.1 Å². The van der Waals surface area contributed by atoms with Crippen molar-refractivity contribution >= 4 is 6.03 Å². The van der Waals surface area contributed by atoms with Crippen molar-refractivity contribution < 1.29 is 4.79 Å². The summed E-state index contributed by atoms with van der Waals surface area (Å²) < 4.78 is 0. The fraction of sp³-hybridized carbons (Fsp3) is 0.625. The molecule has 0 saturated heterocycles. The van der Waals surface area contributed by atoms with Gasteiger partial charge in [0, 0.05) is 13.2 Å². The first-order valence-electron chi connectivity index (χ1n) is 3.99. The van der Waals surface area contributed by atoms with Crippen molar-refractivity contribution in [2.75, 3.05) is 7.05 Å². The van der Waals surface area contributed by atoms with E-state index in [-0.39, 0.29) is 6.03 Å². The molecule has 0 aromatic heterocycles. The molecule has 1 aliphatic rings. The Hall–Kier alpha value is -0.990. The van der Waals surface area contributed by atoms with Crippen LogP contribution in [0.2, 0.25) is 0 Å². The third-order valence-corrected chi connectivity index (χ3v) is 1.88. The molecule has 0 unspecified atom stereocenters. The zero-order chi connectivity index (χ0) is 8.10. The molecule has 3 heteroatoms. The van der Waals surface area contributed by atoms with E-state index in [1.165, 1.54) is 18.4 Å². The van der Waals surface area contributed by atoms with Crippen molar-refractivity contribution in [1.29, 1.82) is 0 Å². The van der Waals surface area contributed by atoms with Crippen LogP contribution in [-0.4, -0.2) is 13.1 Å². The standard InChI is InChI=1S/C8H14N2O/c1-9-8(11)10-6-7-4-2-3-5-7/h6H,2-5H2,1H3,(H2,9,10,11). The summed E-state index contributed by atoms with van der Waals surface area (Å²) >= 11 is 0. The molecule has 0 heterocycles. The average Bonchev–Trinajstić information content (AvgIpc) is 2.52. The number of carbonyl (C=O) groups is 1. The van der Waals surface area contributed by atoms with E-state index in [2.05, 4.69) is 10.6 Å². The minimum Gasteiger partial charge on any atom is -0.341 e. The van der Waals surface area contributed by atoms with Crippen LogP contribution in [0.1, 0.15) is 25.7 Å². The van der Waals surface area contributed by atoms with Gasteiger partial charge in [-0.2, -0.15) is 0 Å². The van der Waals surface area contributed by atoms with Crippen molar-refractivity contribution in [1.82, 2.24) is 10.6 Å². The fourth-order valence-corrected chi connectivity index (χ4v) is 1.21. The van der Waals surface area contributed by atoms with Gasteiger partial charge in [-0.25, -0.2) is 4.79 Å². The lowest BCUT2D eigenvalue weighted by molar-refractivity contribution is 0.246. The molecule has 1 rings (SSSR count). The van der Waals surface area contributed by atoms with Crippen molar-refractivity contribution in [3.63, 3.8) is 0 Å². The highest BCUT2D eigenvalue weighted by molar-refractivity contribution is 5.74. The van der Waals surface area contributed by atoms with Crippen molar-refractivity contribution in [3.8, 4) is 0 Å². The van der Waals surface area contributed by atoms with E-state index in [9.17, 15) is 4.79 Å². The first kappa shape index (κ1) is 8.11. The van der Waals surface area contributed by atoms with Gasteiger partial charge in [0.1, 0.15) is 0 Å². The predicted molar refractivity (Wildman–Crippen MR) is 44.1 cm³/mol. The third kappa shape index (κ3) is 2.62. The second-order valence-electron chi connectivity index (χ2n) is 2.73. The van der Waals surface area contributed by atoms with Gasteiger partial charge in [-0.15, -0.1) is 0 Å². The summed E-state index contributed by atoms with van der Waals surface area (Å²) in [5.41, 5.74) is 1.36. The van der Waals surface area contributed by atoms with Crippen LogP contribution < -0.4 is 10.6 Å². The Morgan fingerprint density at radius 1 is 1.45 bits per heavy atom. The molecule has 0 aromatic carbocycles. The third-order valence-electron chi connectivity index (χ3n) is 1.88. The number of carbonyl (C=O) groups excluding carboxylic acids is 1. The number of hydrogen-bond donors (Lipinski definition) is 2. The largest absolute Gasteiger partial charge is 0.341 e. The lowest BCUT2D eigenvalue weighted by Crippen LogP contribution is -2.28. The molecule has 1 fully saturated rings. The second kappa shape index (κ2) is 4.01. The summed E-state index contributed by atoms with van der Waals surface area (Å²) in [4.78, 5) is 10.7. The molecular weight excluding hydrogens is 140 g/mol.